The molecule has 8 atom stereocenters. The number of hydrogen-bond acceptors (Lipinski definition) is 4. The van der Waals surface area contributed by atoms with E-state index in [-0.39, 0.29) is 25.1 Å². The molecule has 0 bridgehead atoms. The molecule has 0 aromatic rings. The largest absolute Gasteiger partial charge is 0.462 e. The van der Waals surface area contributed by atoms with E-state index in [1.165, 1.54) is 38.6 Å². The fourth-order valence-electron chi connectivity index (χ4n) is 8.87. The van der Waals surface area contributed by atoms with Gasteiger partial charge in [-0.3, -0.25) is 4.79 Å². The quantitative estimate of drug-likeness (QED) is 0.569. The van der Waals surface area contributed by atoms with E-state index in [1.54, 1.807) is 5.57 Å². The molecule has 4 fully saturated rings. The van der Waals surface area contributed by atoms with Gasteiger partial charge in [0.05, 0.1) is 13.0 Å². The van der Waals surface area contributed by atoms with Crippen molar-refractivity contribution in [1.82, 2.24) is 4.90 Å². The highest BCUT2D eigenvalue weighted by Crippen LogP contribution is 2.68. The summed E-state index contributed by atoms with van der Waals surface area (Å²) in [5.41, 5.74) is 2.46. The minimum Gasteiger partial charge on any atom is -0.462 e. The number of likely N-dealkylation sites (tertiary alicyclic amines) is 1. The molecule has 4 heteroatoms. The first-order chi connectivity index (χ1) is 13.9. The van der Waals surface area contributed by atoms with Crippen LogP contribution in [0.1, 0.15) is 71.6 Å². The normalized spacial score (nSPS) is 48.9. The minimum atomic E-state index is -0.244. The van der Waals surface area contributed by atoms with Crippen LogP contribution in [0, 0.1) is 34.5 Å². The van der Waals surface area contributed by atoms with Crippen LogP contribution in [0.2, 0.25) is 0 Å². The molecule has 0 radical (unpaired) electrons. The number of ether oxygens (including phenoxy) is 1. The molecule has 4 nitrogen and oxygen atoms in total. The SMILES string of the molecule is C[C@H]1[C@H]2CC[C@H]3[C@@H]4CC=C5C[C@@H](OC(=O)CCO)CC[C@]5(C)[C@H]4CC[C@]23CN1C. The molecule has 1 aliphatic heterocycles. The molecule has 0 aromatic carbocycles. The first kappa shape index (κ1) is 20.1. The van der Waals surface area contributed by atoms with E-state index in [2.05, 4.69) is 31.9 Å². The number of carbonyl (C=O) groups excluding carboxylic acids is 1. The number of aliphatic hydroxyl groups is 1. The molecule has 0 aromatic heterocycles. The number of nitrogens with zero attached hydrogens (tertiary/aromatic N) is 1. The molecule has 1 N–H and O–H groups in total. The molecule has 5 rings (SSSR count). The van der Waals surface area contributed by atoms with Crippen molar-refractivity contribution in [2.45, 2.75) is 83.8 Å². The van der Waals surface area contributed by atoms with Crippen molar-refractivity contribution >= 4 is 5.97 Å². The number of carbonyl (C=O) groups is 1. The summed E-state index contributed by atoms with van der Waals surface area (Å²) in [7, 11) is 2.35. The van der Waals surface area contributed by atoms with Crippen molar-refractivity contribution in [3.63, 3.8) is 0 Å². The van der Waals surface area contributed by atoms with Crippen molar-refractivity contribution in [3.05, 3.63) is 11.6 Å². The summed E-state index contributed by atoms with van der Waals surface area (Å²) in [6, 6.07) is 0.755. The highest BCUT2D eigenvalue weighted by molar-refractivity contribution is 5.69. The van der Waals surface area contributed by atoms with Crippen LogP contribution in [0.5, 0.6) is 0 Å². The fourth-order valence-corrected chi connectivity index (χ4v) is 8.87. The third kappa shape index (κ3) is 2.88. The maximum absolute atomic E-state index is 11.9. The Bertz CT molecular complexity index is 704. The standard InChI is InChI=1S/C25H39NO3/c1-16-20-6-7-22-19-5-4-17-14-18(29-23(28)10-13-27)8-11-24(17,2)21(19)9-12-25(20,22)15-26(16)3/h4,16,18-22,27H,5-15H2,1-3H3/t16-,18-,19+,20+,21-,22-,24-,25-/m0/s1. The topological polar surface area (TPSA) is 49.8 Å². The van der Waals surface area contributed by atoms with Gasteiger partial charge in [-0.2, -0.15) is 0 Å². The number of aliphatic hydroxyl groups excluding tert-OH is 1. The second kappa shape index (κ2) is 7.09. The van der Waals surface area contributed by atoms with E-state index in [0.717, 1.165) is 49.0 Å². The van der Waals surface area contributed by atoms with Crippen LogP contribution in [-0.4, -0.2) is 48.3 Å². The van der Waals surface area contributed by atoms with Gasteiger partial charge >= 0.3 is 5.97 Å². The van der Waals surface area contributed by atoms with Gasteiger partial charge in [-0.1, -0.05) is 18.6 Å². The lowest BCUT2D eigenvalue weighted by atomic mass is 9.47. The Kier molecular flexibility index (Phi) is 4.90. The number of rotatable bonds is 3. The predicted molar refractivity (Wildman–Crippen MR) is 113 cm³/mol. The first-order valence-electron chi connectivity index (χ1n) is 12.1. The van der Waals surface area contributed by atoms with Crippen molar-refractivity contribution in [1.29, 1.82) is 0 Å². The molecule has 4 aliphatic carbocycles. The van der Waals surface area contributed by atoms with Crippen molar-refractivity contribution < 1.29 is 14.6 Å². The molecule has 5 aliphatic rings. The third-order valence-electron chi connectivity index (χ3n) is 10.3. The minimum absolute atomic E-state index is 0.0139. The smallest absolute Gasteiger partial charge is 0.308 e. The molecule has 1 heterocycles. The van der Waals surface area contributed by atoms with Crippen LogP contribution in [0.25, 0.3) is 0 Å². The average Bonchev–Trinajstić information content (AvgIpc) is 3.16. The van der Waals surface area contributed by atoms with E-state index >= 15 is 0 Å². The maximum atomic E-state index is 11.9. The van der Waals surface area contributed by atoms with Crippen molar-refractivity contribution in [3.8, 4) is 0 Å². The summed E-state index contributed by atoms with van der Waals surface area (Å²) >= 11 is 0. The van der Waals surface area contributed by atoms with Crippen LogP contribution < -0.4 is 0 Å². The third-order valence-corrected chi connectivity index (χ3v) is 10.3. The number of hydrogen-bond donors (Lipinski definition) is 1. The van der Waals surface area contributed by atoms with Crippen LogP contribution in [-0.2, 0) is 9.53 Å². The van der Waals surface area contributed by atoms with Crippen LogP contribution in [0.15, 0.2) is 11.6 Å². The van der Waals surface area contributed by atoms with E-state index in [1.807, 2.05) is 0 Å². The second-order valence-corrected chi connectivity index (χ2v) is 11.2. The summed E-state index contributed by atoms with van der Waals surface area (Å²) < 4.78 is 5.67. The zero-order valence-electron chi connectivity index (χ0n) is 18.5. The summed E-state index contributed by atoms with van der Waals surface area (Å²) in [4.78, 5) is 14.5. The molecule has 0 unspecified atom stereocenters. The van der Waals surface area contributed by atoms with Gasteiger partial charge in [-0.05, 0) is 93.4 Å². The zero-order valence-corrected chi connectivity index (χ0v) is 18.5. The Balaban J connectivity index is 1.35. The summed E-state index contributed by atoms with van der Waals surface area (Å²) in [6.07, 6.45) is 12.7. The van der Waals surface area contributed by atoms with E-state index < -0.39 is 0 Å². The Labute approximate surface area is 176 Å². The zero-order chi connectivity index (χ0) is 20.4. The Morgan fingerprint density at radius 3 is 2.79 bits per heavy atom. The summed E-state index contributed by atoms with van der Waals surface area (Å²) in [5, 5.41) is 8.98. The Morgan fingerprint density at radius 2 is 2.00 bits per heavy atom. The molecular formula is C25H39NO3. The van der Waals surface area contributed by atoms with Crippen LogP contribution in [0.3, 0.4) is 0 Å². The molecular weight excluding hydrogens is 362 g/mol. The van der Waals surface area contributed by atoms with E-state index in [9.17, 15) is 4.79 Å². The van der Waals surface area contributed by atoms with Gasteiger partial charge in [0.15, 0.2) is 0 Å². The van der Waals surface area contributed by atoms with Gasteiger partial charge in [0.2, 0.25) is 0 Å². The lowest BCUT2D eigenvalue weighted by molar-refractivity contribution is -0.152. The molecule has 162 valence electrons. The lowest BCUT2D eigenvalue weighted by Crippen LogP contribution is -2.51. The Morgan fingerprint density at radius 1 is 1.21 bits per heavy atom. The number of fused-ring (bicyclic) bond motifs is 4. The monoisotopic (exact) mass is 401 g/mol. The fraction of sp³-hybridized carbons (Fsp3) is 0.880. The molecule has 1 spiro atoms. The molecule has 0 amide bonds. The van der Waals surface area contributed by atoms with Gasteiger partial charge in [0, 0.05) is 19.0 Å². The highest BCUT2D eigenvalue weighted by atomic mass is 16.5. The van der Waals surface area contributed by atoms with Gasteiger partial charge in [-0.25, -0.2) is 0 Å². The lowest BCUT2D eigenvalue weighted by Gasteiger charge is -2.58. The average molecular weight is 402 g/mol. The first-order valence-corrected chi connectivity index (χ1v) is 12.1. The molecule has 29 heavy (non-hydrogen) atoms. The van der Waals surface area contributed by atoms with Crippen molar-refractivity contribution in [2.75, 3.05) is 20.2 Å². The van der Waals surface area contributed by atoms with Gasteiger partial charge in [-0.15, -0.1) is 0 Å². The van der Waals surface area contributed by atoms with Gasteiger partial charge in [0.25, 0.3) is 0 Å². The van der Waals surface area contributed by atoms with Crippen LogP contribution >= 0.6 is 0 Å². The van der Waals surface area contributed by atoms with Gasteiger partial charge in [0.1, 0.15) is 6.10 Å². The van der Waals surface area contributed by atoms with Crippen LogP contribution in [0.4, 0.5) is 0 Å². The van der Waals surface area contributed by atoms with Crippen molar-refractivity contribution in [2.24, 2.45) is 34.5 Å². The predicted octanol–water partition coefficient (Wildman–Crippen LogP) is 4.17. The second-order valence-electron chi connectivity index (χ2n) is 11.2. The Hall–Kier alpha value is -0.870. The van der Waals surface area contributed by atoms with E-state index in [4.69, 9.17) is 9.84 Å². The summed E-state index contributed by atoms with van der Waals surface area (Å²) in [5.74, 6) is 3.25. The van der Waals surface area contributed by atoms with Gasteiger partial charge < -0.3 is 14.7 Å². The highest BCUT2D eigenvalue weighted by Gasteiger charge is 2.64. The molecule has 1 saturated heterocycles. The number of allylic oxidation sites excluding steroid dienone is 1. The van der Waals surface area contributed by atoms with E-state index in [0.29, 0.717) is 10.8 Å². The molecule has 3 saturated carbocycles. The maximum Gasteiger partial charge on any atom is 0.308 e. The number of esters is 1. The summed E-state index contributed by atoms with van der Waals surface area (Å²) in [6.45, 7) is 6.19.